The maximum atomic E-state index is 12.4. The number of ether oxygens (including phenoxy) is 1. The largest absolute Gasteiger partial charge is 0.497 e. The van der Waals surface area contributed by atoms with Gasteiger partial charge in [-0.05, 0) is 47.7 Å². The summed E-state index contributed by atoms with van der Waals surface area (Å²) in [4.78, 5) is 20.9. The van der Waals surface area contributed by atoms with E-state index in [1.54, 1.807) is 13.3 Å². The van der Waals surface area contributed by atoms with Crippen molar-refractivity contribution in [2.45, 2.75) is 26.2 Å². The molecule has 1 aromatic heterocycles. The summed E-state index contributed by atoms with van der Waals surface area (Å²) in [6.45, 7) is 4.97. The molecule has 0 aliphatic heterocycles. The molecule has 1 heterocycles. The quantitative estimate of drug-likeness (QED) is 0.592. The fourth-order valence-corrected chi connectivity index (χ4v) is 2.85. The number of carbonyl (C=O) groups excluding carboxylic acids is 1. The number of anilines is 2. The molecule has 0 spiro atoms. The van der Waals surface area contributed by atoms with Gasteiger partial charge in [0.1, 0.15) is 17.3 Å². The Bertz CT molecular complexity index is 938. The van der Waals surface area contributed by atoms with E-state index in [4.69, 9.17) is 4.74 Å². The van der Waals surface area contributed by atoms with Gasteiger partial charge in [0.15, 0.2) is 0 Å². The first-order valence-electron chi connectivity index (χ1n) is 9.65. The number of amides is 1. The van der Waals surface area contributed by atoms with E-state index in [2.05, 4.69) is 40.5 Å². The highest BCUT2D eigenvalue weighted by molar-refractivity contribution is 6.02. The van der Waals surface area contributed by atoms with E-state index in [0.29, 0.717) is 18.3 Å². The van der Waals surface area contributed by atoms with Gasteiger partial charge in [-0.2, -0.15) is 0 Å². The third-order valence-electron chi connectivity index (χ3n) is 4.57. The lowest BCUT2D eigenvalue weighted by atomic mass is 10.0. The van der Waals surface area contributed by atoms with Crippen LogP contribution in [0.3, 0.4) is 0 Å². The van der Waals surface area contributed by atoms with Crippen LogP contribution in [0.1, 0.15) is 41.4 Å². The van der Waals surface area contributed by atoms with Gasteiger partial charge in [0.05, 0.1) is 19.5 Å². The van der Waals surface area contributed by atoms with Crippen LogP contribution in [0.5, 0.6) is 5.75 Å². The van der Waals surface area contributed by atoms with E-state index in [1.807, 2.05) is 42.5 Å². The minimum atomic E-state index is -0.280. The molecule has 2 N–H and O–H groups in total. The zero-order valence-corrected chi connectivity index (χ0v) is 17.0. The zero-order chi connectivity index (χ0) is 20.6. The van der Waals surface area contributed by atoms with Gasteiger partial charge in [-0.1, -0.05) is 38.1 Å². The molecule has 0 saturated heterocycles. The number of benzene rings is 2. The van der Waals surface area contributed by atoms with Crippen molar-refractivity contribution in [1.82, 2.24) is 9.97 Å². The Hall–Kier alpha value is -3.41. The van der Waals surface area contributed by atoms with Gasteiger partial charge in [-0.25, -0.2) is 9.97 Å². The molecule has 29 heavy (non-hydrogen) atoms. The Labute approximate surface area is 171 Å². The number of nitrogens with zero attached hydrogens (tertiary/aromatic N) is 2. The van der Waals surface area contributed by atoms with E-state index >= 15 is 0 Å². The number of hydrogen-bond acceptors (Lipinski definition) is 5. The zero-order valence-electron chi connectivity index (χ0n) is 17.0. The summed E-state index contributed by atoms with van der Waals surface area (Å²) in [5.74, 6) is 1.65. The lowest BCUT2D eigenvalue weighted by Crippen LogP contribution is -2.15. The van der Waals surface area contributed by atoms with Crippen LogP contribution in [0, 0.1) is 0 Å². The highest BCUT2D eigenvalue weighted by atomic mass is 16.5. The van der Waals surface area contributed by atoms with Crippen molar-refractivity contribution >= 4 is 17.4 Å². The van der Waals surface area contributed by atoms with Crippen molar-refractivity contribution in [3.63, 3.8) is 0 Å². The van der Waals surface area contributed by atoms with Crippen LogP contribution in [-0.4, -0.2) is 29.5 Å². The second-order valence-corrected chi connectivity index (χ2v) is 7.05. The highest BCUT2D eigenvalue weighted by Gasteiger charge is 2.09. The molecule has 3 aromatic rings. The SMILES string of the molecule is COc1cccc(CCNc2cnc(C(=O)Nc3ccc(C(C)C)cc3)cn2)c1. The van der Waals surface area contributed by atoms with E-state index in [0.717, 1.165) is 17.9 Å². The van der Waals surface area contributed by atoms with Crippen molar-refractivity contribution in [1.29, 1.82) is 0 Å². The van der Waals surface area contributed by atoms with Gasteiger partial charge >= 0.3 is 0 Å². The molecule has 0 atom stereocenters. The summed E-state index contributed by atoms with van der Waals surface area (Å²) in [5, 5.41) is 6.06. The third-order valence-corrected chi connectivity index (χ3v) is 4.57. The third kappa shape index (κ3) is 5.78. The normalized spacial score (nSPS) is 10.6. The Balaban J connectivity index is 1.51. The molecule has 150 valence electrons. The molecule has 0 unspecified atom stereocenters. The number of carbonyl (C=O) groups is 1. The number of hydrogen-bond donors (Lipinski definition) is 2. The molecular weight excluding hydrogens is 364 g/mol. The van der Waals surface area contributed by atoms with Crippen molar-refractivity contribution in [2.24, 2.45) is 0 Å². The first-order valence-corrected chi connectivity index (χ1v) is 9.65. The minimum Gasteiger partial charge on any atom is -0.497 e. The standard InChI is InChI=1S/C23H26N4O2/c1-16(2)18-7-9-19(10-8-18)27-23(28)21-14-26-22(15-25-21)24-12-11-17-5-4-6-20(13-17)29-3/h4-10,13-16H,11-12H2,1-3H3,(H,24,26)(H,27,28). The molecule has 0 aliphatic carbocycles. The first kappa shape index (κ1) is 20.3. The molecule has 2 aromatic carbocycles. The fraction of sp³-hybridized carbons (Fsp3) is 0.261. The smallest absolute Gasteiger partial charge is 0.275 e. The fourth-order valence-electron chi connectivity index (χ4n) is 2.85. The Morgan fingerprint density at radius 2 is 1.86 bits per heavy atom. The summed E-state index contributed by atoms with van der Waals surface area (Å²) in [6.07, 6.45) is 3.88. The van der Waals surface area contributed by atoms with Gasteiger partial charge in [-0.15, -0.1) is 0 Å². The first-order chi connectivity index (χ1) is 14.0. The van der Waals surface area contributed by atoms with Crippen LogP contribution in [0.15, 0.2) is 60.9 Å². The maximum absolute atomic E-state index is 12.4. The van der Waals surface area contributed by atoms with Gasteiger partial charge in [0.2, 0.25) is 0 Å². The van der Waals surface area contributed by atoms with E-state index in [1.165, 1.54) is 17.3 Å². The van der Waals surface area contributed by atoms with Gasteiger partial charge in [-0.3, -0.25) is 4.79 Å². The summed E-state index contributed by atoms with van der Waals surface area (Å²) in [7, 11) is 1.66. The average molecular weight is 390 g/mol. The number of nitrogens with one attached hydrogen (secondary N) is 2. The Morgan fingerprint density at radius 3 is 2.52 bits per heavy atom. The molecular formula is C23H26N4O2. The van der Waals surface area contributed by atoms with Gasteiger partial charge in [0.25, 0.3) is 5.91 Å². The van der Waals surface area contributed by atoms with Crippen LogP contribution in [0.25, 0.3) is 0 Å². The van der Waals surface area contributed by atoms with Crippen molar-refractivity contribution in [2.75, 3.05) is 24.3 Å². The molecule has 6 nitrogen and oxygen atoms in total. The van der Waals surface area contributed by atoms with E-state index in [9.17, 15) is 4.79 Å². The molecule has 0 aliphatic rings. The highest BCUT2D eigenvalue weighted by Crippen LogP contribution is 2.17. The predicted octanol–water partition coefficient (Wildman–Crippen LogP) is 4.52. The summed E-state index contributed by atoms with van der Waals surface area (Å²) in [6, 6.07) is 15.8. The second kappa shape index (κ2) is 9.68. The van der Waals surface area contributed by atoms with Crippen molar-refractivity contribution in [3.05, 3.63) is 77.7 Å². The molecule has 6 heteroatoms. The molecule has 0 bridgehead atoms. The summed E-state index contributed by atoms with van der Waals surface area (Å²) < 4.78 is 5.23. The lowest BCUT2D eigenvalue weighted by Gasteiger charge is -2.09. The Kier molecular flexibility index (Phi) is 6.79. The van der Waals surface area contributed by atoms with Crippen LogP contribution in [-0.2, 0) is 6.42 Å². The molecule has 0 fully saturated rings. The van der Waals surface area contributed by atoms with Crippen LogP contribution < -0.4 is 15.4 Å². The maximum Gasteiger partial charge on any atom is 0.275 e. The van der Waals surface area contributed by atoms with E-state index in [-0.39, 0.29) is 11.6 Å². The second-order valence-electron chi connectivity index (χ2n) is 7.05. The topological polar surface area (TPSA) is 76.1 Å². The lowest BCUT2D eigenvalue weighted by molar-refractivity contribution is 0.102. The van der Waals surface area contributed by atoms with Gasteiger partial charge < -0.3 is 15.4 Å². The van der Waals surface area contributed by atoms with Crippen molar-refractivity contribution in [3.8, 4) is 5.75 Å². The summed E-state index contributed by atoms with van der Waals surface area (Å²) >= 11 is 0. The van der Waals surface area contributed by atoms with Crippen LogP contribution in [0.2, 0.25) is 0 Å². The van der Waals surface area contributed by atoms with Crippen LogP contribution in [0.4, 0.5) is 11.5 Å². The Morgan fingerprint density at radius 1 is 1.07 bits per heavy atom. The molecule has 1 amide bonds. The molecule has 0 saturated carbocycles. The van der Waals surface area contributed by atoms with E-state index < -0.39 is 0 Å². The number of methoxy groups -OCH3 is 1. The van der Waals surface area contributed by atoms with Gasteiger partial charge in [0, 0.05) is 12.2 Å². The summed E-state index contributed by atoms with van der Waals surface area (Å²) in [5.41, 5.74) is 3.41. The minimum absolute atomic E-state index is 0.274. The molecule has 3 rings (SSSR count). The van der Waals surface area contributed by atoms with Crippen LogP contribution >= 0.6 is 0 Å². The average Bonchev–Trinajstić information content (AvgIpc) is 2.74. The predicted molar refractivity (Wildman–Crippen MR) is 116 cm³/mol. The number of aromatic nitrogens is 2. The number of rotatable bonds is 8. The van der Waals surface area contributed by atoms with Crippen molar-refractivity contribution < 1.29 is 9.53 Å². The molecule has 0 radical (unpaired) electrons. The monoisotopic (exact) mass is 390 g/mol.